The largest absolute Gasteiger partial charge is 0.354 e. The number of anilines is 1. The van der Waals surface area contributed by atoms with Crippen molar-refractivity contribution >= 4 is 27.2 Å². The molecule has 0 amide bonds. The van der Waals surface area contributed by atoms with Crippen molar-refractivity contribution in [1.82, 2.24) is 4.90 Å². The van der Waals surface area contributed by atoms with Gasteiger partial charge in [0, 0.05) is 31.2 Å². The molecule has 4 aromatic rings. The van der Waals surface area contributed by atoms with Crippen LogP contribution in [-0.2, 0) is 13.0 Å². The van der Waals surface area contributed by atoms with Crippen LogP contribution < -0.4 is 4.90 Å². The molecule has 28 heavy (non-hydrogen) atoms. The van der Waals surface area contributed by atoms with Crippen molar-refractivity contribution in [2.75, 3.05) is 18.5 Å². The monoisotopic (exact) mass is 368 g/mol. The van der Waals surface area contributed by atoms with E-state index >= 15 is 0 Å². The summed E-state index contributed by atoms with van der Waals surface area (Å²) in [6, 6.07) is 22.6. The quantitative estimate of drug-likeness (QED) is 0.401. The molecule has 1 unspecified atom stereocenters. The molecule has 0 aromatic heterocycles. The van der Waals surface area contributed by atoms with Gasteiger partial charge in [-0.15, -0.1) is 0 Å². The van der Waals surface area contributed by atoms with Gasteiger partial charge in [-0.2, -0.15) is 0 Å². The summed E-state index contributed by atoms with van der Waals surface area (Å²) in [5.74, 6) is -0.176. The zero-order valence-corrected chi connectivity index (χ0v) is 15.8. The molecular weight excluding hydrogens is 347 g/mol. The molecule has 0 spiro atoms. The predicted molar refractivity (Wildman–Crippen MR) is 113 cm³/mol. The second-order valence-electron chi connectivity index (χ2n) is 8.00. The van der Waals surface area contributed by atoms with Crippen molar-refractivity contribution in [2.24, 2.45) is 0 Å². The summed E-state index contributed by atoms with van der Waals surface area (Å²) in [5, 5.41) is 4.64. The van der Waals surface area contributed by atoms with Crippen molar-refractivity contribution < 1.29 is 4.39 Å². The third-order valence-electron chi connectivity index (χ3n) is 6.48. The molecule has 0 aliphatic carbocycles. The van der Waals surface area contributed by atoms with E-state index in [2.05, 4.69) is 65.4 Å². The Morgan fingerprint density at radius 1 is 0.893 bits per heavy atom. The van der Waals surface area contributed by atoms with Crippen LogP contribution in [0, 0.1) is 5.82 Å². The smallest absolute Gasteiger partial charge is 0.123 e. The first-order chi connectivity index (χ1) is 13.7. The summed E-state index contributed by atoms with van der Waals surface area (Å²) in [5.41, 5.74) is 5.44. The molecular formula is C25H21FN2. The van der Waals surface area contributed by atoms with E-state index in [1.54, 1.807) is 12.1 Å². The Hall–Kier alpha value is -2.91. The summed E-state index contributed by atoms with van der Waals surface area (Å²) in [4.78, 5) is 4.95. The maximum absolute atomic E-state index is 14.0. The Bertz CT molecular complexity index is 1250. The normalized spacial score (nSPS) is 18.8. The van der Waals surface area contributed by atoms with Crippen molar-refractivity contribution in [3.63, 3.8) is 0 Å². The number of hydrogen-bond donors (Lipinski definition) is 0. The molecule has 4 aromatic carbocycles. The minimum Gasteiger partial charge on any atom is -0.354 e. The number of nitrogens with zero attached hydrogens (tertiary/aromatic N) is 2. The molecule has 2 nitrogen and oxygen atoms in total. The topological polar surface area (TPSA) is 6.48 Å². The van der Waals surface area contributed by atoms with E-state index in [-0.39, 0.29) is 12.0 Å². The van der Waals surface area contributed by atoms with Crippen molar-refractivity contribution in [3.8, 4) is 0 Å². The molecule has 0 N–H and O–H groups in total. The highest BCUT2D eigenvalue weighted by Crippen LogP contribution is 2.48. The fourth-order valence-electron chi connectivity index (χ4n) is 5.21. The average molecular weight is 368 g/mol. The maximum Gasteiger partial charge on any atom is 0.123 e. The van der Waals surface area contributed by atoms with Crippen LogP contribution in [0.4, 0.5) is 10.1 Å². The molecule has 0 fully saturated rings. The van der Waals surface area contributed by atoms with Crippen molar-refractivity contribution in [2.45, 2.75) is 19.1 Å². The highest BCUT2D eigenvalue weighted by molar-refractivity contribution is 6.14. The lowest BCUT2D eigenvalue weighted by molar-refractivity contribution is 0.182. The Morgan fingerprint density at radius 3 is 2.64 bits per heavy atom. The van der Waals surface area contributed by atoms with Crippen LogP contribution in [0.1, 0.15) is 22.9 Å². The highest BCUT2D eigenvalue weighted by atomic mass is 19.1. The van der Waals surface area contributed by atoms with Crippen LogP contribution in [0.2, 0.25) is 0 Å². The Balaban J connectivity index is 1.55. The zero-order valence-electron chi connectivity index (χ0n) is 15.8. The standard InChI is InChI=1S/C25H21FN2/c1-27-23-8-4-7-21-20-10-9-19(26)13-18(20)14-22(24(21)23)25(27)28-12-11-16-5-2-3-6-17(16)15-28/h2-10,13-14,25H,11-12,15H2,1H3. The van der Waals surface area contributed by atoms with E-state index in [9.17, 15) is 4.39 Å². The Kier molecular flexibility index (Phi) is 3.33. The van der Waals surface area contributed by atoms with Crippen molar-refractivity contribution in [3.05, 3.63) is 89.2 Å². The molecule has 3 heteroatoms. The summed E-state index contributed by atoms with van der Waals surface area (Å²) >= 11 is 0. The van der Waals surface area contributed by atoms with Gasteiger partial charge >= 0.3 is 0 Å². The highest BCUT2D eigenvalue weighted by Gasteiger charge is 2.35. The number of fused-ring (bicyclic) bond motifs is 3. The summed E-state index contributed by atoms with van der Waals surface area (Å²) in [7, 11) is 2.19. The minimum absolute atomic E-state index is 0.176. The second-order valence-corrected chi connectivity index (χ2v) is 8.00. The third kappa shape index (κ3) is 2.17. The van der Waals surface area contributed by atoms with Gasteiger partial charge in [0.05, 0.1) is 0 Å². The van der Waals surface area contributed by atoms with E-state index in [1.165, 1.54) is 33.2 Å². The van der Waals surface area contributed by atoms with Gasteiger partial charge in [0.1, 0.15) is 12.0 Å². The van der Waals surface area contributed by atoms with E-state index in [4.69, 9.17) is 0 Å². The van der Waals surface area contributed by atoms with Crippen LogP contribution in [-0.4, -0.2) is 18.5 Å². The second kappa shape index (κ2) is 5.79. The molecule has 6 rings (SSSR count). The first-order valence-corrected chi connectivity index (χ1v) is 9.89. The predicted octanol–water partition coefficient (Wildman–Crippen LogP) is 5.64. The number of halogens is 1. The van der Waals surface area contributed by atoms with E-state index in [1.807, 2.05) is 6.07 Å². The Labute approximate surface area is 163 Å². The van der Waals surface area contributed by atoms with Crippen LogP contribution in [0.5, 0.6) is 0 Å². The van der Waals surface area contributed by atoms with Gasteiger partial charge in [-0.05, 0) is 63.5 Å². The molecule has 138 valence electrons. The van der Waals surface area contributed by atoms with E-state index in [0.717, 1.165) is 30.3 Å². The lowest BCUT2D eigenvalue weighted by atomic mass is 9.95. The number of hydrogen-bond acceptors (Lipinski definition) is 2. The first-order valence-electron chi connectivity index (χ1n) is 9.89. The van der Waals surface area contributed by atoms with Gasteiger partial charge in [-0.3, -0.25) is 4.90 Å². The summed E-state index contributed by atoms with van der Waals surface area (Å²) < 4.78 is 14.0. The molecule has 2 heterocycles. The zero-order chi connectivity index (χ0) is 18.8. The SMILES string of the molecule is CN1c2cccc3c2c(cc2cc(F)ccc23)C1N1CCc2ccccc2C1. The summed E-state index contributed by atoms with van der Waals surface area (Å²) in [6.45, 7) is 1.98. The molecule has 2 aliphatic rings. The lowest BCUT2D eigenvalue weighted by Gasteiger charge is -2.38. The third-order valence-corrected chi connectivity index (χ3v) is 6.48. The number of rotatable bonds is 1. The fourth-order valence-corrected chi connectivity index (χ4v) is 5.21. The van der Waals surface area contributed by atoms with Gasteiger partial charge < -0.3 is 4.90 Å². The average Bonchev–Trinajstić information content (AvgIpc) is 3.00. The van der Waals surface area contributed by atoms with Crippen LogP contribution >= 0.6 is 0 Å². The molecule has 1 atom stereocenters. The molecule has 0 bridgehead atoms. The van der Waals surface area contributed by atoms with E-state index < -0.39 is 0 Å². The van der Waals surface area contributed by atoms with Gasteiger partial charge in [0.15, 0.2) is 0 Å². The maximum atomic E-state index is 14.0. The van der Waals surface area contributed by atoms with Gasteiger partial charge in [-0.25, -0.2) is 4.39 Å². The van der Waals surface area contributed by atoms with Gasteiger partial charge in [-0.1, -0.05) is 42.5 Å². The lowest BCUT2D eigenvalue weighted by Crippen LogP contribution is -2.40. The summed E-state index contributed by atoms with van der Waals surface area (Å²) in [6.07, 6.45) is 1.25. The van der Waals surface area contributed by atoms with Gasteiger partial charge in [0.2, 0.25) is 0 Å². The van der Waals surface area contributed by atoms with Gasteiger partial charge in [0.25, 0.3) is 0 Å². The minimum atomic E-state index is -0.176. The molecule has 0 saturated heterocycles. The van der Waals surface area contributed by atoms with Crippen LogP contribution in [0.25, 0.3) is 21.5 Å². The van der Waals surface area contributed by atoms with Crippen LogP contribution in [0.3, 0.4) is 0 Å². The fraction of sp³-hybridized carbons (Fsp3) is 0.200. The van der Waals surface area contributed by atoms with Crippen LogP contribution in [0.15, 0.2) is 66.7 Å². The number of benzene rings is 4. The molecule has 2 aliphatic heterocycles. The van der Waals surface area contributed by atoms with Crippen molar-refractivity contribution in [1.29, 1.82) is 0 Å². The molecule has 0 radical (unpaired) electrons. The Morgan fingerprint density at radius 2 is 1.75 bits per heavy atom. The first kappa shape index (κ1) is 16.1. The van der Waals surface area contributed by atoms with E-state index in [0.29, 0.717) is 0 Å². The molecule has 0 saturated carbocycles.